The van der Waals surface area contributed by atoms with Gasteiger partial charge in [-0.15, -0.1) is 0 Å². The van der Waals surface area contributed by atoms with Gasteiger partial charge in [0.05, 0.1) is 5.41 Å². The first-order chi connectivity index (χ1) is 8.47. The molecule has 18 heavy (non-hydrogen) atoms. The third kappa shape index (κ3) is 1.89. The Bertz CT molecular complexity index is 478. The lowest BCUT2D eigenvalue weighted by atomic mass is 9.69. The van der Waals surface area contributed by atoms with E-state index in [1.54, 1.807) is 0 Å². The molecule has 0 aromatic heterocycles. The van der Waals surface area contributed by atoms with Gasteiger partial charge in [0.25, 0.3) is 0 Å². The molecule has 3 N–H and O–H groups in total. The van der Waals surface area contributed by atoms with Crippen molar-refractivity contribution in [1.82, 2.24) is 0 Å². The minimum atomic E-state index is -1.21. The van der Waals surface area contributed by atoms with Crippen LogP contribution >= 0.6 is 0 Å². The van der Waals surface area contributed by atoms with Gasteiger partial charge in [-0.2, -0.15) is 0 Å². The second-order valence-electron chi connectivity index (χ2n) is 4.77. The number of rotatable bonds is 2. The van der Waals surface area contributed by atoms with Gasteiger partial charge in [0.2, 0.25) is 0 Å². The van der Waals surface area contributed by atoms with Crippen LogP contribution in [0.4, 0.5) is 4.39 Å². The number of phenolic OH excluding ortho intramolecular Hbond substituents is 2. The van der Waals surface area contributed by atoms with Gasteiger partial charge in [0.1, 0.15) is 5.75 Å². The largest absolute Gasteiger partial charge is 0.508 e. The van der Waals surface area contributed by atoms with Crippen molar-refractivity contribution in [2.24, 2.45) is 0 Å². The van der Waals surface area contributed by atoms with Crippen molar-refractivity contribution in [2.45, 2.75) is 37.5 Å². The van der Waals surface area contributed by atoms with Crippen molar-refractivity contribution in [1.29, 1.82) is 0 Å². The van der Waals surface area contributed by atoms with E-state index in [9.17, 15) is 24.5 Å². The van der Waals surface area contributed by atoms with Crippen LogP contribution in [-0.4, -0.2) is 21.3 Å². The first kappa shape index (κ1) is 12.7. The number of carboxylic acids is 1. The third-order valence-corrected chi connectivity index (χ3v) is 3.70. The lowest BCUT2D eigenvalue weighted by Crippen LogP contribution is -2.37. The van der Waals surface area contributed by atoms with E-state index < -0.39 is 28.7 Å². The number of hydrogen-bond acceptors (Lipinski definition) is 3. The van der Waals surface area contributed by atoms with Gasteiger partial charge in [-0.3, -0.25) is 4.79 Å². The van der Waals surface area contributed by atoms with E-state index in [1.807, 2.05) is 0 Å². The van der Waals surface area contributed by atoms with E-state index in [0.29, 0.717) is 12.8 Å². The second kappa shape index (κ2) is 4.48. The Balaban J connectivity index is 2.55. The summed E-state index contributed by atoms with van der Waals surface area (Å²) in [6, 6.07) is 1.80. The van der Waals surface area contributed by atoms with E-state index >= 15 is 0 Å². The first-order valence-corrected chi connectivity index (χ1v) is 5.93. The minimum Gasteiger partial charge on any atom is -0.508 e. The molecule has 0 spiro atoms. The summed E-state index contributed by atoms with van der Waals surface area (Å²) in [5.74, 6) is -3.03. The van der Waals surface area contributed by atoms with Gasteiger partial charge in [-0.05, 0) is 18.9 Å². The Labute approximate surface area is 104 Å². The van der Waals surface area contributed by atoms with Gasteiger partial charge in [-0.1, -0.05) is 19.3 Å². The number of aromatic hydroxyl groups is 2. The van der Waals surface area contributed by atoms with E-state index in [2.05, 4.69) is 0 Å². The highest BCUT2D eigenvalue weighted by Gasteiger charge is 2.43. The van der Waals surface area contributed by atoms with Gasteiger partial charge in [-0.25, -0.2) is 4.39 Å². The van der Waals surface area contributed by atoms with Crippen LogP contribution in [0.5, 0.6) is 11.5 Å². The van der Waals surface area contributed by atoms with Crippen molar-refractivity contribution in [3.63, 3.8) is 0 Å². The molecule has 1 aliphatic rings. The summed E-state index contributed by atoms with van der Waals surface area (Å²) in [7, 11) is 0. The average Bonchev–Trinajstić information content (AvgIpc) is 2.34. The predicted molar refractivity (Wildman–Crippen MR) is 62.1 cm³/mol. The smallest absolute Gasteiger partial charge is 0.314 e. The van der Waals surface area contributed by atoms with Crippen LogP contribution in [0.25, 0.3) is 0 Å². The van der Waals surface area contributed by atoms with Gasteiger partial charge in [0, 0.05) is 11.6 Å². The summed E-state index contributed by atoms with van der Waals surface area (Å²) in [5.41, 5.74) is -1.11. The summed E-state index contributed by atoms with van der Waals surface area (Å²) >= 11 is 0. The van der Waals surface area contributed by atoms with Gasteiger partial charge >= 0.3 is 5.97 Å². The quantitative estimate of drug-likeness (QED) is 0.709. The topological polar surface area (TPSA) is 77.8 Å². The highest BCUT2D eigenvalue weighted by Crippen LogP contribution is 2.44. The van der Waals surface area contributed by atoms with Crippen LogP contribution in [-0.2, 0) is 10.2 Å². The molecule has 0 unspecified atom stereocenters. The van der Waals surface area contributed by atoms with E-state index in [4.69, 9.17) is 0 Å². The number of phenols is 2. The Morgan fingerprint density at radius 1 is 1.11 bits per heavy atom. The standard InChI is InChI=1S/C13H15FO4/c14-9-7-10(15)8(6-11(9)16)13(12(17)18)4-2-1-3-5-13/h6-7,15-16H,1-5H2,(H,17,18). The highest BCUT2D eigenvalue weighted by molar-refractivity contribution is 5.82. The summed E-state index contributed by atoms with van der Waals surface area (Å²) in [4.78, 5) is 11.5. The summed E-state index contributed by atoms with van der Waals surface area (Å²) in [6.45, 7) is 0. The van der Waals surface area contributed by atoms with Gasteiger partial charge < -0.3 is 15.3 Å². The molecule has 0 heterocycles. The Morgan fingerprint density at radius 3 is 2.28 bits per heavy atom. The normalized spacial score (nSPS) is 18.5. The molecule has 1 aliphatic carbocycles. The molecule has 1 aromatic rings. The van der Waals surface area contributed by atoms with Crippen LogP contribution < -0.4 is 0 Å². The molecule has 5 heteroatoms. The Hall–Kier alpha value is -1.78. The summed E-state index contributed by atoms with van der Waals surface area (Å²) in [5, 5.41) is 28.6. The maximum atomic E-state index is 13.1. The molecule has 1 aromatic carbocycles. The van der Waals surface area contributed by atoms with Crippen LogP contribution in [0.2, 0.25) is 0 Å². The molecule has 0 saturated heterocycles. The van der Waals surface area contributed by atoms with Crippen molar-refractivity contribution in [2.75, 3.05) is 0 Å². The zero-order valence-corrected chi connectivity index (χ0v) is 9.82. The molecule has 98 valence electrons. The van der Waals surface area contributed by atoms with Gasteiger partial charge in [0.15, 0.2) is 11.6 Å². The van der Waals surface area contributed by atoms with E-state index in [0.717, 1.165) is 31.4 Å². The molecular formula is C13H15FO4. The molecule has 0 bridgehead atoms. The van der Waals surface area contributed by atoms with Crippen molar-refractivity contribution < 1.29 is 24.5 Å². The fraction of sp³-hybridized carbons (Fsp3) is 0.462. The molecule has 4 nitrogen and oxygen atoms in total. The lowest BCUT2D eigenvalue weighted by Gasteiger charge is -2.34. The molecular weight excluding hydrogens is 239 g/mol. The van der Waals surface area contributed by atoms with Crippen LogP contribution in [0.1, 0.15) is 37.7 Å². The monoisotopic (exact) mass is 254 g/mol. The van der Waals surface area contributed by atoms with E-state index in [-0.39, 0.29) is 5.56 Å². The third-order valence-electron chi connectivity index (χ3n) is 3.70. The Morgan fingerprint density at radius 2 is 1.72 bits per heavy atom. The fourth-order valence-electron chi connectivity index (χ4n) is 2.69. The maximum Gasteiger partial charge on any atom is 0.314 e. The zero-order chi connectivity index (χ0) is 13.3. The van der Waals surface area contributed by atoms with Crippen molar-refractivity contribution >= 4 is 5.97 Å². The molecule has 0 amide bonds. The van der Waals surface area contributed by atoms with Crippen LogP contribution in [0, 0.1) is 5.82 Å². The summed E-state index contributed by atoms with van der Waals surface area (Å²) < 4.78 is 13.1. The van der Waals surface area contributed by atoms with Crippen LogP contribution in [0.3, 0.4) is 0 Å². The molecule has 0 radical (unpaired) electrons. The van der Waals surface area contributed by atoms with E-state index in [1.165, 1.54) is 0 Å². The highest BCUT2D eigenvalue weighted by atomic mass is 19.1. The molecule has 0 aliphatic heterocycles. The number of benzene rings is 1. The van der Waals surface area contributed by atoms with Crippen LogP contribution in [0.15, 0.2) is 12.1 Å². The molecule has 0 atom stereocenters. The first-order valence-electron chi connectivity index (χ1n) is 5.93. The number of hydrogen-bond donors (Lipinski definition) is 3. The van der Waals surface area contributed by atoms with Crippen molar-refractivity contribution in [3.8, 4) is 11.5 Å². The SMILES string of the molecule is O=C(O)C1(c2cc(O)c(F)cc2O)CCCCC1. The predicted octanol–water partition coefficient (Wildman–Crippen LogP) is 2.52. The molecule has 2 rings (SSSR count). The number of aliphatic carboxylic acids is 1. The second-order valence-corrected chi connectivity index (χ2v) is 4.77. The summed E-state index contributed by atoms with van der Waals surface area (Å²) in [6.07, 6.45) is 3.21. The zero-order valence-electron chi connectivity index (χ0n) is 9.82. The Kier molecular flexibility index (Phi) is 3.15. The number of carboxylic acid groups (broad SMARTS) is 1. The maximum absolute atomic E-state index is 13.1. The molecule has 1 fully saturated rings. The fourth-order valence-corrected chi connectivity index (χ4v) is 2.69. The number of halogens is 1. The lowest BCUT2D eigenvalue weighted by molar-refractivity contribution is -0.145. The average molecular weight is 254 g/mol. The minimum absolute atomic E-state index is 0.105. The van der Waals surface area contributed by atoms with Crippen molar-refractivity contribution in [3.05, 3.63) is 23.5 Å². The number of carbonyl (C=O) groups is 1. The molecule has 1 saturated carbocycles.